The Morgan fingerprint density at radius 1 is 1.36 bits per heavy atom. The molecule has 136 valence electrons. The fourth-order valence-corrected chi connectivity index (χ4v) is 3.47. The highest BCUT2D eigenvalue weighted by atomic mass is 19.4. The van der Waals surface area contributed by atoms with Crippen LogP contribution in [0, 0.1) is 5.92 Å². The molecule has 1 heterocycles. The average molecular weight is 356 g/mol. The third-order valence-electron chi connectivity index (χ3n) is 4.79. The van der Waals surface area contributed by atoms with Gasteiger partial charge in [0.1, 0.15) is 5.75 Å². The molecule has 1 fully saturated rings. The van der Waals surface area contributed by atoms with Crippen LogP contribution in [0.1, 0.15) is 42.5 Å². The summed E-state index contributed by atoms with van der Waals surface area (Å²) in [5, 5.41) is 14.7. The predicted octanol–water partition coefficient (Wildman–Crippen LogP) is 3.34. The average Bonchev–Trinajstić information content (AvgIpc) is 2.74. The molecular formula is C17H19F3N2O3. The summed E-state index contributed by atoms with van der Waals surface area (Å²) in [5.41, 5.74) is -3.09. The highest BCUT2D eigenvalue weighted by Gasteiger charge is 2.68. The van der Waals surface area contributed by atoms with E-state index in [0.29, 0.717) is 25.0 Å². The molecule has 0 spiro atoms. The lowest BCUT2D eigenvalue weighted by Crippen LogP contribution is -2.61. The number of hydrazone groups is 1. The fourth-order valence-electron chi connectivity index (χ4n) is 3.47. The van der Waals surface area contributed by atoms with E-state index in [1.165, 1.54) is 25.3 Å². The van der Waals surface area contributed by atoms with E-state index < -0.39 is 23.7 Å². The van der Waals surface area contributed by atoms with Gasteiger partial charge in [0.05, 0.1) is 13.0 Å². The zero-order valence-electron chi connectivity index (χ0n) is 13.7. The van der Waals surface area contributed by atoms with Gasteiger partial charge in [0.15, 0.2) is 0 Å². The number of aliphatic hydroxyl groups is 1. The number of fused-ring (bicyclic) bond motifs is 1. The predicted molar refractivity (Wildman–Crippen MR) is 84.2 cm³/mol. The second kappa shape index (κ2) is 6.33. The second-order valence-electron chi connectivity index (χ2n) is 6.32. The van der Waals surface area contributed by atoms with Crippen molar-refractivity contribution in [3.63, 3.8) is 0 Å². The Bertz CT molecular complexity index is 705. The standard InChI is InChI=1S/C17H19F3N2O3/c1-25-12-7-5-6-11(10-12)15(23)22-16(24,17(18,19)20)13-8-3-2-4-9-14(13)21-22/h5-7,10,13,24H,2-4,8-9H2,1H3/t13-,16+/m0/s1. The van der Waals surface area contributed by atoms with Crippen LogP contribution in [-0.4, -0.2) is 40.7 Å². The van der Waals surface area contributed by atoms with Gasteiger partial charge in [-0.25, -0.2) is 0 Å². The number of alkyl halides is 3. The molecule has 1 N–H and O–H groups in total. The Hall–Kier alpha value is -2.09. The third kappa shape index (κ3) is 2.88. The first-order chi connectivity index (χ1) is 11.8. The van der Waals surface area contributed by atoms with Crippen LogP contribution in [0.25, 0.3) is 0 Å². The molecule has 0 radical (unpaired) electrons. The zero-order chi connectivity index (χ0) is 18.2. The lowest BCUT2D eigenvalue weighted by Gasteiger charge is -2.37. The van der Waals surface area contributed by atoms with Gasteiger partial charge >= 0.3 is 6.18 Å². The Labute approximate surface area is 143 Å². The first-order valence-corrected chi connectivity index (χ1v) is 8.14. The van der Waals surface area contributed by atoms with Crippen molar-refractivity contribution >= 4 is 11.6 Å². The van der Waals surface area contributed by atoms with E-state index in [1.54, 1.807) is 6.07 Å². The monoisotopic (exact) mass is 356 g/mol. The summed E-state index contributed by atoms with van der Waals surface area (Å²) in [5.74, 6) is -1.88. The molecule has 2 aliphatic rings. The number of hydrogen-bond acceptors (Lipinski definition) is 4. The number of benzene rings is 1. The van der Waals surface area contributed by atoms with E-state index >= 15 is 0 Å². The Kier molecular flexibility index (Phi) is 4.49. The van der Waals surface area contributed by atoms with Crippen LogP contribution in [0.2, 0.25) is 0 Å². The van der Waals surface area contributed by atoms with E-state index in [1.807, 2.05) is 0 Å². The number of carbonyl (C=O) groups excluding carboxylic acids is 1. The normalized spacial score (nSPS) is 26.7. The highest BCUT2D eigenvalue weighted by Crippen LogP contribution is 2.48. The minimum Gasteiger partial charge on any atom is -0.497 e. The SMILES string of the molecule is COc1cccc(C(=O)N2N=C3CCCCC[C@@H]3[C@@]2(O)C(F)(F)F)c1. The molecule has 0 saturated heterocycles. The highest BCUT2D eigenvalue weighted by molar-refractivity contribution is 5.99. The van der Waals surface area contributed by atoms with Gasteiger partial charge in [-0.3, -0.25) is 4.79 Å². The number of halogens is 3. The molecule has 8 heteroatoms. The summed E-state index contributed by atoms with van der Waals surface area (Å²) in [7, 11) is 1.39. The number of hydrogen-bond donors (Lipinski definition) is 1. The summed E-state index contributed by atoms with van der Waals surface area (Å²) in [6, 6.07) is 5.77. The quantitative estimate of drug-likeness (QED) is 0.884. The molecule has 1 aliphatic heterocycles. The Morgan fingerprint density at radius 2 is 2.12 bits per heavy atom. The number of amides is 1. The van der Waals surface area contributed by atoms with Gasteiger partial charge in [-0.15, -0.1) is 0 Å². The smallest absolute Gasteiger partial charge is 0.439 e. The topological polar surface area (TPSA) is 62.1 Å². The van der Waals surface area contributed by atoms with Crippen LogP contribution in [-0.2, 0) is 0 Å². The van der Waals surface area contributed by atoms with Crippen molar-refractivity contribution < 1.29 is 27.8 Å². The molecule has 1 amide bonds. The van der Waals surface area contributed by atoms with Gasteiger partial charge in [-0.1, -0.05) is 18.9 Å². The summed E-state index contributed by atoms with van der Waals surface area (Å²) in [6.07, 6.45) is -2.47. The van der Waals surface area contributed by atoms with Crippen LogP contribution in [0.4, 0.5) is 13.2 Å². The minimum absolute atomic E-state index is 0.0252. The molecule has 1 saturated carbocycles. The molecule has 0 bridgehead atoms. The number of nitrogens with zero attached hydrogens (tertiary/aromatic N) is 2. The molecule has 3 rings (SSSR count). The number of methoxy groups -OCH3 is 1. The molecule has 1 aromatic rings. The van der Waals surface area contributed by atoms with Gasteiger partial charge in [-0.05, 0) is 37.5 Å². The van der Waals surface area contributed by atoms with Crippen LogP contribution < -0.4 is 4.74 Å². The summed E-state index contributed by atoms with van der Waals surface area (Å²) < 4.78 is 46.3. The molecule has 0 unspecified atom stereocenters. The molecular weight excluding hydrogens is 337 g/mol. The number of rotatable bonds is 2. The van der Waals surface area contributed by atoms with Crippen molar-refractivity contribution in [1.29, 1.82) is 0 Å². The molecule has 25 heavy (non-hydrogen) atoms. The van der Waals surface area contributed by atoms with Gasteiger partial charge in [0, 0.05) is 11.3 Å². The maximum absolute atomic E-state index is 13.8. The fraction of sp³-hybridized carbons (Fsp3) is 0.529. The molecule has 0 aromatic heterocycles. The van der Waals surface area contributed by atoms with E-state index in [4.69, 9.17) is 4.74 Å². The van der Waals surface area contributed by atoms with Gasteiger partial charge in [-0.2, -0.15) is 23.3 Å². The first kappa shape index (κ1) is 17.7. The van der Waals surface area contributed by atoms with Gasteiger partial charge in [0.25, 0.3) is 11.6 Å². The number of carbonyl (C=O) groups is 1. The maximum atomic E-state index is 13.8. The van der Waals surface area contributed by atoms with E-state index in [9.17, 15) is 23.1 Å². The Balaban J connectivity index is 2.04. The van der Waals surface area contributed by atoms with Crippen molar-refractivity contribution in [3.05, 3.63) is 29.8 Å². The number of ether oxygens (including phenoxy) is 1. The van der Waals surface area contributed by atoms with E-state index in [0.717, 1.165) is 6.42 Å². The van der Waals surface area contributed by atoms with Crippen molar-refractivity contribution in [2.24, 2.45) is 11.0 Å². The van der Waals surface area contributed by atoms with Crippen molar-refractivity contribution in [3.8, 4) is 5.75 Å². The van der Waals surface area contributed by atoms with Crippen LogP contribution in [0.3, 0.4) is 0 Å². The van der Waals surface area contributed by atoms with Crippen LogP contribution >= 0.6 is 0 Å². The first-order valence-electron chi connectivity index (χ1n) is 8.14. The second-order valence-corrected chi connectivity index (χ2v) is 6.32. The summed E-state index contributed by atoms with van der Waals surface area (Å²) in [4.78, 5) is 12.7. The minimum atomic E-state index is -5.01. The molecule has 5 nitrogen and oxygen atoms in total. The maximum Gasteiger partial charge on any atom is 0.439 e. The van der Waals surface area contributed by atoms with Crippen molar-refractivity contribution in [2.75, 3.05) is 7.11 Å². The van der Waals surface area contributed by atoms with Gasteiger partial charge in [0.2, 0.25) is 0 Å². The summed E-state index contributed by atoms with van der Waals surface area (Å²) in [6.45, 7) is 0. The van der Waals surface area contributed by atoms with Crippen molar-refractivity contribution in [2.45, 2.75) is 44.0 Å². The lowest BCUT2D eigenvalue weighted by molar-refractivity contribution is -0.312. The molecule has 1 aliphatic carbocycles. The zero-order valence-corrected chi connectivity index (χ0v) is 13.7. The summed E-state index contributed by atoms with van der Waals surface area (Å²) >= 11 is 0. The third-order valence-corrected chi connectivity index (χ3v) is 4.79. The van der Waals surface area contributed by atoms with Crippen LogP contribution in [0.15, 0.2) is 29.4 Å². The molecule has 1 aromatic carbocycles. The molecule has 2 atom stereocenters. The Morgan fingerprint density at radius 3 is 2.80 bits per heavy atom. The van der Waals surface area contributed by atoms with E-state index in [2.05, 4.69) is 5.10 Å². The lowest BCUT2D eigenvalue weighted by atomic mass is 9.87. The van der Waals surface area contributed by atoms with Crippen LogP contribution in [0.5, 0.6) is 5.75 Å². The van der Waals surface area contributed by atoms with Crippen molar-refractivity contribution in [1.82, 2.24) is 5.01 Å². The largest absolute Gasteiger partial charge is 0.497 e. The van der Waals surface area contributed by atoms with E-state index in [-0.39, 0.29) is 22.7 Å². The van der Waals surface area contributed by atoms with Gasteiger partial charge < -0.3 is 9.84 Å².